The number of hydrogen-bond acceptors (Lipinski definition) is 3. The van der Waals surface area contributed by atoms with E-state index in [1.54, 1.807) is 0 Å². The van der Waals surface area contributed by atoms with Crippen molar-refractivity contribution < 1.29 is 4.42 Å². The normalized spacial score (nSPS) is 21.8. The maximum Gasteiger partial charge on any atom is 0.118 e. The number of hydrogen-bond donors (Lipinski definition) is 0. The second-order valence-electron chi connectivity index (χ2n) is 5.94. The summed E-state index contributed by atoms with van der Waals surface area (Å²) in [7, 11) is 4.40. The van der Waals surface area contributed by atoms with Crippen molar-refractivity contribution in [1.29, 1.82) is 0 Å². The molecular weight excluding hydrogens is 236 g/mol. The highest BCUT2D eigenvalue weighted by Gasteiger charge is 2.19. The van der Waals surface area contributed by atoms with Gasteiger partial charge < -0.3 is 9.32 Å². The van der Waals surface area contributed by atoms with Crippen molar-refractivity contribution in [2.45, 2.75) is 51.6 Å². The molecule has 1 aromatic heterocycles. The Morgan fingerprint density at radius 2 is 2.00 bits per heavy atom. The van der Waals surface area contributed by atoms with Crippen molar-refractivity contribution in [1.82, 2.24) is 9.80 Å². The Morgan fingerprint density at radius 1 is 1.21 bits per heavy atom. The Bertz CT molecular complexity index is 373. The highest BCUT2D eigenvalue weighted by molar-refractivity contribution is 5.07. The lowest BCUT2D eigenvalue weighted by Gasteiger charge is -2.23. The molecule has 1 aromatic rings. The third kappa shape index (κ3) is 4.36. The topological polar surface area (TPSA) is 19.6 Å². The van der Waals surface area contributed by atoms with Gasteiger partial charge in [-0.3, -0.25) is 4.90 Å². The molecule has 3 heteroatoms. The van der Waals surface area contributed by atoms with E-state index in [4.69, 9.17) is 4.42 Å². The van der Waals surface area contributed by atoms with Gasteiger partial charge in [0.15, 0.2) is 0 Å². The van der Waals surface area contributed by atoms with Crippen molar-refractivity contribution in [2.75, 3.05) is 27.2 Å². The molecule has 0 spiro atoms. The molecule has 1 saturated heterocycles. The molecule has 2 heterocycles. The molecule has 1 aliphatic rings. The van der Waals surface area contributed by atoms with Crippen molar-refractivity contribution >= 4 is 0 Å². The summed E-state index contributed by atoms with van der Waals surface area (Å²) in [5.74, 6) is 2.27. The highest BCUT2D eigenvalue weighted by atomic mass is 16.3. The minimum Gasteiger partial charge on any atom is -0.465 e. The van der Waals surface area contributed by atoms with E-state index in [0.29, 0.717) is 0 Å². The summed E-state index contributed by atoms with van der Waals surface area (Å²) in [5.41, 5.74) is 0. The van der Waals surface area contributed by atoms with Crippen LogP contribution in [0.4, 0.5) is 0 Å². The molecule has 1 atom stereocenters. The maximum atomic E-state index is 5.89. The quantitative estimate of drug-likeness (QED) is 0.814. The Hall–Kier alpha value is -0.800. The molecule has 0 aliphatic carbocycles. The standard InChI is InChI=1S/C16H28N2O/c1-4-6-15-8-9-16(19-15)13-18-11-5-7-14(10-12-18)17(2)3/h8-9,14H,4-7,10-13H2,1-3H3. The van der Waals surface area contributed by atoms with Gasteiger partial charge in [-0.15, -0.1) is 0 Å². The minimum absolute atomic E-state index is 0.747. The fraction of sp³-hybridized carbons (Fsp3) is 0.750. The summed E-state index contributed by atoms with van der Waals surface area (Å²) in [4.78, 5) is 4.91. The zero-order valence-electron chi connectivity index (χ0n) is 12.7. The number of aryl methyl sites for hydroxylation is 1. The van der Waals surface area contributed by atoms with E-state index in [9.17, 15) is 0 Å². The molecule has 19 heavy (non-hydrogen) atoms. The van der Waals surface area contributed by atoms with E-state index in [1.807, 2.05) is 0 Å². The van der Waals surface area contributed by atoms with Gasteiger partial charge >= 0.3 is 0 Å². The number of furan rings is 1. The van der Waals surface area contributed by atoms with Crippen LogP contribution in [0.5, 0.6) is 0 Å². The van der Waals surface area contributed by atoms with Crippen LogP contribution >= 0.6 is 0 Å². The van der Waals surface area contributed by atoms with Gasteiger partial charge in [-0.1, -0.05) is 6.92 Å². The van der Waals surface area contributed by atoms with Crippen LogP contribution in [-0.4, -0.2) is 43.0 Å². The van der Waals surface area contributed by atoms with Crippen LogP contribution in [0.3, 0.4) is 0 Å². The molecule has 0 amide bonds. The monoisotopic (exact) mass is 264 g/mol. The lowest BCUT2D eigenvalue weighted by molar-refractivity contribution is 0.232. The van der Waals surface area contributed by atoms with Crippen molar-refractivity contribution in [3.8, 4) is 0 Å². The molecule has 0 N–H and O–H groups in total. The first kappa shape index (κ1) is 14.6. The first-order valence-corrected chi connectivity index (χ1v) is 7.65. The van der Waals surface area contributed by atoms with Gasteiger partial charge in [-0.2, -0.15) is 0 Å². The molecule has 2 rings (SSSR count). The summed E-state index contributed by atoms with van der Waals surface area (Å²) < 4.78 is 5.89. The van der Waals surface area contributed by atoms with Crippen LogP contribution in [0.1, 0.15) is 44.1 Å². The van der Waals surface area contributed by atoms with E-state index in [-0.39, 0.29) is 0 Å². The summed E-state index contributed by atoms with van der Waals surface area (Å²) in [5, 5.41) is 0. The second kappa shape index (κ2) is 7.11. The number of nitrogens with zero attached hydrogens (tertiary/aromatic N) is 2. The van der Waals surface area contributed by atoms with Gasteiger partial charge in [0, 0.05) is 19.0 Å². The largest absolute Gasteiger partial charge is 0.465 e. The predicted octanol–water partition coefficient (Wildman–Crippen LogP) is 3.15. The maximum absolute atomic E-state index is 5.89. The summed E-state index contributed by atoms with van der Waals surface area (Å²) >= 11 is 0. The number of likely N-dealkylation sites (tertiary alicyclic amines) is 1. The average molecular weight is 264 g/mol. The third-order valence-electron chi connectivity index (χ3n) is 4.11. The van der Waals surface area contributed by atoms with Crippen molar-refractivity contribution in [2.24, 2.45) is 0 Å². The lowest BCUT2D eigenvalue weighted by Crippen LogP contribution is -2.29. The van der Waals surface area contributed by atoms with Crippen molar-refractivity contribution in [3.05, 3.63) is 23.7 Å². The predicted molar refractivity (Wildman–Crippen MR) is 79.3 cm³/mol. The van der Waals surface area contributed by atoms with E-state index in [0.717, 1.165) is 36.9 Å². The Kier molecular flexibility index (Phi) is 5.46. The Labute approximate surface area is 117 Å². The summed E-state index contributed by atoms with van der Waals surface area (Å²) in [6, 6.07) is 5.04. The van der Waals surface area contributed by atoms with Crippen LogP contribution < -0.4 is 0 Å². The van der Waals surface area contributed by atoms with Gasteiger partial charge in [0.1, 0.15) is 11.5 Å². The average Bonchev–Trinajstić information content (AvgIpc) is 2.67. The smallest absolute Gasteiger partial charge is 0.118 e. The zero-order chi connectivity index (χ0) is 13.7. The van der Waals surface area contributed by atoms with Crippen LogP contribution in [-0.2, 0) is 13.0 Å². The molecule has 0 saturated carbocycles. The van der Waals surface area contributed by atoms with Crippen LogP contribution in [0.15, 0.2) is 16.5 Å². The van der Waals surface area contributed by atoms with Crippen LogP contribution in [0, 0.1) is 0 Å². The van der Waals surface area contributed by atoms with Crippen LogP contribution in [0.25, 0.3) is 0 Å². The van der Waals surface area contributed by atoms with E-state index in [1.165, 1.54) is 32.4 Å². The molecule has 1 fully saturated rings. The molecule has 0 radical (unpaired) electrons. The van der Waals surface area contributed by atoms with Crippen LogP contribution in [0.2, 0.25) is 0 Å². The number of rotatable bonds is 5. The first-order valence-electron chi connectivity index (χ1n) is 7.65. The van der Waals surface area contributed by atoms with E-state index < -0.39 is 0 Å². The molecule has 108 valence electrons. The SMILES string of the molecule is CCCc1ccc(CN2CCCC(N(C)C)CC2)o1. The Balaban J connectivity index is 1.85. The van der Waals surface area contributed by atoms with Gasteiger partial charge in [-0.25, -0.2) is 0 Å². The first-order chi connectivity index (χ1) is 9.19. The summed E-state index contributed by atoms with van der Waals surface area (Å²) in [6.45, 7) is 5.56. The highest BCUT2D eigenvalue weighted by Crippen LogP contribution is 2.18. The van der Waals surface area contributed by atoms with Gasteiger partial charge in [0.2, 0.25) is 0 Å². The van der Waals surface area contributed by atoms with E-state index >= 15 is 0 Å². The molecule has 0 aromatic carbocycles. The fourth-order valence-electron chi connectivity index (χ4n) is 2.92. The summed E-state index contributed by atoms with van der Waals surface area (Å²) in [6.07, 6.45) is 6.10. The molecule has 0 bridgehead atoms. The zero-order valence-corrected chi connectivity index (χ0v) is 12.7. The van der Waals surface area contributed by atoms with E-state index in [2.05, 4.69) is 43.0 Å². The minimum atomic E-state index is 0.747. The van der Waals surface area contributed by atoms with Gasteiger partial charge in [0.05, 0.1) is 6.54 Å². The van der Waals surface area contributed by atoms with Gasteiger partial charge in [-0.05, 0) is 58.5 Å². The van der Waals surface area contributed by atoms with Crippen molar-refractivity contribution in [3.63, 3.8) is 0 Å². The third-order valence-corrected chi connectivity index (χ3v) is 4.11. The molecule has 1 aliphatic heterocycles. The molecule has 3 nitrogen and oxygen atoms in total. The molecular formula is C16H28N2O. The second-order valence-corrected chi connectivity index (χ2v) is 5.94. The Morgan fingerprint density at radius 3 is 2.74 bits per heavy atom. The molecule has 1 unspecified atom stereocenters. The van der Waals surface area contributed by atoms with Gasteiger partial charge in [0.25, 0.3) is 0 Å². The lowest BCUT2D eigenvalue weighted by atomic mass is 10.1. The fourth-order valence-corrected chi connectivity index (χ4v) is 2.92.